The molecule has 0 aliphatic rings. The average Bonchev–Trinajstić information content (AvgIpc) is 1.98. The summed E-state index contributed by atoms with van der Waals surface area (Å²) in [5.74, 6) is 0. The average molecular weight is 145 g/mol. The minimum atomic E-state index is 0.466. The molecule has 1 unspecified atom stereocenters. The van der Waals surface area contributed by atoms with Crippen molar-refractivity contribution < 1.29 is 9.53 Å². The standard InChI is InChI=1S/C7H15NO2/c1-3-7(2)8-4-5-10-6-9/h6-8H,3-5H2,1-2H3. The maximum Gasteiger partial charge on any atom is 0.293 e. The highest BCUT2D eigenvalue weighted by Gasteiger charge is 1.94. The second kappa shape index (κ2) is 6.55. The Morgan fingerprint density at radius 1 is 1.70 bits per heavy atom. The van der Waals surface area contributed by atoms with Gasteiger partial charge in [-0.25, -0.2) is 0 Å². The number of hydrogen-bond donors (Lipinski definition) is 1. The van der Waals surface area contributed by atoms with Gasteiger partial charge in [-0.05, 0) is 13.3 Å². The molecule has 1 atom stereocenters. The molecule has 0 bridgehead atoms. The summed E-state index contributed by atoms with van der Waals surface area (Å²) >= 11 is 0. The van der Waals surface area contributed by atoms with Crippen LogP contribution >= 0.6 is 0 Å². The van der Waals surface area contributed by atoms with Gasteiger partial charge in [0.2, 0.25) is 0 Å². The highest BCUT2D eigenvalue weighted by atomic mass is 16.5. The maximum atomic E-state index is 9.67. The number of ether oxygens (including phenoxy) is 1. The van der Waals surface area contributed by atoms with Crippen molar-refractivity contribution in [3.05, 3.63) is 0 Å². The Balaban J connectivity index is 2.95. The van der Waals surface area contributed by atoms with Crippen molar-refractivity contribution in [1.82, 2.24) is 5.32 Å². The Kier molecular flexibility index (Phi) is 6.18. The van der Waals surface area contributed by atoms with Crippen LogP contribution in [0.25, 0.3) is 0 Å². The fourth-order valence-corrected chi connectivity index (χ4v) is 0.557. The monoisotopic (exact) mass is 145 g/mol. The van der Waals surface area contributed by atoms with Gasteiger partial charge in [-0.2, -0.15) is 0 Å². The zero-order chi connectivity index (χ0) is 7.82. The van der Waals surface area contributed by atoms with Crippen LogP contribution in [0.5, 0.6) is 0 Å². The van der Waals surface area contributed by atoms with Gasteiger partial charge in [-0.15, -0.1) is 0 Å². The zero-order valence-electron chi connectivity index (χ0n) is 6.59. The molecule has 0 radical (unpaired) electrons. The third kappa shape index (κ3) is 5.56. The lowest BCUT2D eigenvalue weighted by atomic mass is 10.3. The van der Waals surface area contributed by atoms with Gasteiger partial charge in [-0.3, -0.25) is 4.79 Å². The summed E-state index contributed by atoms with van der Waals surface area (Å²) in [7, 11) is 0. The van der Waals surface area contributed by atoms with Gasteiger partial charge in [0.25, 0.3) is 6.47 Å². The summed E-state index contributed by atoms with van der Waals surface area (Å²) in [5, 5.41) is 3.18. The van der Waals surface area contributed by atoms with E-state index in [1.54, 1.807) is 0 Å². The molecule has 0 aromatic rings. The first kappa shape index (κ1) is 9.43. The molecule has 0 saturated carbocycles. The lowest BCUT2D eigenvalue weighted by Crippen LogP contribution is -2.28. The molecule has 0 rings (SSSR count). The van der Waals surface area contributed by atoms with E-state index < -0.39 is 0 Å². The van der Waals surface area contributed by atoms with Crippen molar-refractivity contribution in [2.45, 2.75) is 26.3 Å². The molecule has 0 aliphatic heterocycles. The van der Waals surface area contributed by atoms with Crippen LogP contribution in [-0.2, 0) is 9.53 Å². The van der Waals surface area contributed by atoms with E-state index in [4.69, 9.17) is 0 Å². The van der Waals surface area contributed by atoms with Gasteiger partial charge in [0, 0.05) is 12.6 Å². The van der Waals surface area contributed by atoms with Gasteiger partial charge in [0.1, 0.15) is 6.61 Å². The van der Waals surface area contributed by atoms with E-state index in [2.05, 4.69) is 23.9 Å². The highest BCUT2D eigenvalue weighted by molar-refractivity contribution is 5.36. The number of carbonyl (C=O) groups is 1. The minimum absolute atomic E-state index is 0.466. The van der Waals surface area contributed by atoms with Crippen molar-refractivity contribution >= 4 is 6.47 Å². The van der Waals surface area contributed by atoms with Crippen molar-refractivity contribution in [2.75, 3.05) is 13.2 Å². The van der Waals surface area contributed by atoms with E-state index in [1.165, 1.54) is 0 Å². The first-order valence-corrected chi connectivity index (χ1v) is 3.60. The van der Waals surface area contributed by atoms with Crippen LogP contribution in [0.2, 0.25) is 0 Å². The summed E-state index contributed by atoms with van der Waals surface area (Å²) in [5.41, 5.74) is 0. The Morgan fingerprint density at radius 3 is 2.90 bits per heavy atom. The van der Waals surface area contributed by atoms with Crippen LogP contribution in [-0.4, -0.2) is 25.7 Å². The van der Waals surface area contributed by atoms with Gasteiger partial charge in [0.05, 0.1) is 0 Å². The molecular weight excluding hydrogens is 130 g/mol. The Bertz CT molecular complexity index is 85.7. The maximum absolute atomic E-state index is 9.67. The quantitative estimate of drug-likeness (QED) is 0.438. The van der Waals surface area contributed by atoms with Crippen molar-refractivity contribution in [1.29, 1.82) is 0 Å². The van der Waals surface area contributed by atoms with Crippen LogP contribution in [0.3, 0.4) is 0 Å². The molecule has 0 saturated heterocycles. The second-order valence-corrected chi connectivity index (χ2v) is 2.23. The van der Waals surface area contributed by atoms with Crippen molar-refractivity contribution in [2.24, 2.45) is 0 Å². The molecule has 3 heteroatoms. The first-order chi connectivity index (χ1) is 4.81. The third-order valence-electron chi connectivity index (χ3n) is 1.39. The van der Waals surface area contributed by atoms with Gasteiger partial charge in [0.15, 0.2) is 0 Å². The van der Waals surface area contributed by atoms with Crippen LogP contribution in [0.4, 0.5) is 0 Å². The summed E-state index contributed by atoms with van der Waals surface area (Å²) in [4.78, 5) is 9.67. The van der Waals surface area contributed by atoms with E-state index in [0.29, 0.717) is 19.1 Å². The lowest BCUT2D eigenvalue weighted by Gasteiger charge is -2.09. The van der Waals surface area contributed by atoms with E-state index in [1.807, 2.05) is 0 Å². The predicted molar refractivity (Wildman–Crippen MR) is 39.8 cm³/mol. The van der Waals surface area contributed by atoms with Crippen LogP contribution in [0, 0.1) is 0 Å². The van der Waals surface area contributed by atoms with Gasteiger partial charge in [-0.1, -0.05) is 6.92 Å². The smallest absolute Gasteiger partial charge is 0.293 e. The zero-order valence-corrected chi connectivity index (χ0v) is 6.59. The fraction of sp³-hybridized carbons (Fsp3) is 0.857. The van der Waals surface area contributed by atoms with Crippen LogP contribution in [0.15, 0.2) is 0 Å². The largest absolute Gasteiger partial charge is 0.467 e. The Labute approximate surface area is 61.8 Å². The summed E-state index contributed by atoms with van der Waals surface area (Å²) in [6, 6.07) is 0.509. The minimum Gasteiger partial charge on any atom is -0.467 e. The topological polar surface area (TPSA) is 38.3 Å². The molecule has 0 spiro atoms. The van der Waals surface area contributed by atoms with E-state index >= 15 is 0 Å². The van der Waals surface area contributed by atoms with E-state index in [-0.39, 0.29) is 0 Å². The third-order valence-corrected chi connectivity index (χ3v) is 1.39. The predicted octanol–water partition coefficient (Wildman–Crippen LogP) is 0.547. The molecule has 0 aromatic heterocycles. The van der Waals surface area contributed by atoms with Crippen molar-refractivity contribution in [3.63, 3.8) is 0 Å². The lowest BCUT2D eigenvalue weighted by molar-refractivity contribution is -0.128. The van der Waals surface area contributed by atoms with Gasteiger partial charge < -0.3 is 10.1 Å². The molecular formula is C7H15NO2. The van der Waals surface area contributed by atoms with Gasteiger partial charge >= 0.3 is 0 Å². The molecule has 0 heterocycles. The molecule has 60 valence electrons. The summed E-state index contributed by atoms with van der Waals surface area (Å²) in [6.45, 7) is 5.89. The van der Waals surface area contributed by atoms with E-state index in [9.17, 15) is 4.79 Å². The Hall–Kier alpha value is -0.570. The summed E-state index contributed by atoms with van der Waals surface area (Å²) in [6.07, 6.45) is 1.10. The Morgan fingerprint density at radius 2 is 2.40 bits per heavy atom. The molecule has 0 fully saturated rings. The summed E-state index contributed by atoms with van der Waals surface area (Å²) < 4.78 is 4.49. The van der Waals surface area contributed by atoms with Crippen LogP contribution in [0.1, 0.15) is 20.3 Å². The molecule has 0 aliphatic carbocycles. The van der Waals surface area contributed by atoms with E-state index in [0.717, 1.165) is 13.0 Å². The molecule has 1 N–H and O–H groups in total. The molecule has 10 heavy (non-hydrogen) atoms. The molecule has 3 nitrogen and oxygen atoms in total. The number of rotatable bonds is 6. The number of nitrogens with one attached hydrogen (secondary N) is 1. The SMILES string of the molecule is CCC(C)NCCOC=O. The second-order valence-electron chi connectivity index (χ2n) is 2.23. The number of hydrogen-bond acceptors (Lipinski definition) is 3. The molecule has 0 aromatic carbocycles. The normalized spacial score (nSPS) is 12.6. The first-order valence-electron chi connectivity index (χ1n) is 3.60. The number of carbonyl (C=O) groups excluding carboxylic acids is 1. The van der Waals surface area contributed by atoms with Crippen LogP contribution < -0.4 is 5.32 Å². The fourth-order valence-electron chi connectivity index (χ4n) is 0.557. The van der Waals surface area contributed by atoms with Crippen molar-refractivity contribution in [3.8, 4) is 0 Å². The molecule has 0 amide bonds. The highest BCUT2D eigenvalue weighted by Crippen LogP contribution is 1.85.